The molecule has 0 aromatic heterocycles. The average Bonchev–Trinajstić information content (AvgIpc) is 2.75. The summed E-state index contributed by atoms with van der Waals surface area (Å²) in [4.78, 5) is 14.9. The summed E-state index contributed by atoms with van der Waals surface area (Å²) < 4.78 is 53.5. The first-order valence-corrected chi connectivity index (χ1v) is 14.2. The van der Waals surface area contributed by atoms with E-state index in [4.69, 9.17) is 0 Å². The molecule has 1 saturated heterocycles. The van der Waals surface area contributed by atoms with Crippen molar-refractivity contribution in [3.05, 3.63) is 59.2 Å². The summed E-state index contributed by atoms with van der Waals surface area (Å²) in [5, 5.41) is 2.65. The third-order valence-electron chi connectivity index (χ3n) is 5.82. The maximum absolute atomic E-state index is 13.2. The van der Waals surface area contributed by atoms with Gasteiger partial charge in [0.25, 0.3) is 0 Å². The van der Waals surface area contributed by atoms with Crippen LogP contribution in [0.2, 0.25) is 0 Å². The molecule has 2 aromatic rings. The van der Waals surface area contributed by atoms with Crippen molar-refractivity contribution in [1.82, 2.24) is 13.5 Å². The standard InChI is InChI=1S/C23H32N4O5S2/c1-18-5-8-20(9-6-18)16-27(33(4,29)30)17-23(28)24-21-10-7-19(2)22(15-21)34(31,32)26-13-11-25(3)12-14-26/h5-10,15H,11-14,16-17H2,1-4H3,(H,24,28). The second-order valence-electron chi connectivity index (χ2n) is 8.75. The number of anilines is 1. The zero-order chi connectivity index (χ0) is 25.1. The van der Waals surface area contributed by atoms with E-state index in [-0.39, 0.29) is 18.0 Å². The molecule has 0 unspecified atom stereocenters. The van der Waals surface area contributed by atoms with Crippen LogP contribution in [0.5, 0.6) is 0 Å². The Balaban J connectivity index is 1.75. The van der Waals surface area contributed by atoms with Gasteiger partial charge >= 0.3 is 0 Å². The predicted octanol–water partition coefficient (Wildman–Crippen LogP) is 1.64. The lowest BCUT2D eigenvalue weighted by atomic mass is 10.1. The topological polar surface area (TPSA) is 107 Å². The fourth-order valence-corrected chi connectivity index (χ4v) is 6.08. The van der Waals surface area contributed by atoms with Gasteiger partial charge in [0.05, 0.1) is 17.7 Å². The van der Waals surface area contributed by atoms with Gasteiger partial charge in [0.2, 0.25) is 26.0 Å². The molecule has 34 heavy (non-hydrogen) atoms. The van der Waals surface area contributed by atoms with Crippen molar-refractivity contribution >= 4 is 31.6 Å². The van der Waals surface area contributed by atoms with Crippen LogP contribution in [0.4, 0.5) is 5.69 Å². The van der Waals surface area contributed by atoms with Gasteiger partial charge in [-0.2, -0.15) is 8.61 Å². The lowest BCUT2D eigenvalue weighted by Gasteiger charge is -2.32. The minimum Gasteiger partial charge on any atom is -0.325 e. The van der Waals surface area contributed by atoms with E-state index in [1.54, 1.807) is 19.1 Å². The smallest absolute Gasteiger partial charge is 0.243 e. The number of nitrogens with one attached hydrogen (secondary N) is 1. The molecule has 0 aliphatic carbocycles. The van der Waals surface area contributed by atoms with Crippen LogP contribution >= 0.6 is 0 Å². The molecule has 2 aromatic carbocycles. The Bertz CT molecular complexity index is 1240. The molecular formula is C23H32N4O5S2. The van der Waals surface area contributed by atoms with E-state index in [0.29, 0.717) is 37.4 Å². The summed E-state index contributed by atoms with van der Waals surface area (Å²) in [5.41, 5.74) is 2.69. The molecule has 1 heterocycles. The summed E-state index contributed by atoms with van der Waals surface area (Å²) in [6, 6.07) is 12.1. The Labute approximate surface area is 202 Å². The molecule has 1 amide bonds. The van der Waals surface area contributed by atoms with Gasteiger partial charge in [-0.05, 0) is 44.2 Å². The molecule has 1 fully saturated rings. The highest BCUT2D eigenvalue weighted by Crippen LogP contribution is 2.24. The number of amides is 1. The van der Waals surface area contributed by atoms with Gasteiger partial charge in [-0.25, -0.2) is 16.8 Å². The van der Waals surface area contributed by atoms with Gasteiger partial charge in [-0.15, -0.1) is 0 Å². The Hall–Kier alpha value is -2.31. The minimum absolute atomic E-state index is 0.0590. The lowest BCUT2D eigenvalue weighted by Crippen LogP contribution is -2.47. The van der Waals surface area contributed by atoms with Crippen molar-refractivity contribution in [2.45, 2.75) is 25.3 Å². The zero-order valence-corrected chi connectivity index (χ0v) is 21.6. The fourth-order valence-electron chi connectivity index (χ4n) is 3.67. The number of benzene rings is 2. The zero-order valence-electron chi connectivity index (χ0n) is 20.0. The van der Waals surface area contributed by atoms with Crippen LogP contribution in [0.3, 0.4) is 0 Å². The van der Waals surface area contributed by atoms with Gasteiger partial charge in [-0.1, -0.05) is 35.9 Å². The molecule has 1 N–H and O–H groups in total. The third-order valence-corrected chi connectivity index (χ3v) is 9.06. The van der Waals surface area contributed by atoms with Gasteiger partial charge < -0.3 is 10.2 Å². The van der Waals surface area contributed by atoms with Crippen LogP contribution in [0.25, 0.3) is 0 Å². The highest BCUT2D eigenvalue weighted by molar-refractivity contribution is 7.89. The number of carbonyl (C=O) groups is 1. The molecule has 0 atom stereocenters. The molecule has 9 nitrogen and oxygen atoms in total. The fraction of sp³-hybridized carbons (Fsp3) is 0.435. The van der Waals surface area contributed by atoms with E-state index in [1.807, 2.05) is 38.2 Å². The van der Waals surface area contributed by atoms with E-state index >= 15 is 0 Å². The molecule has 1 aliphatic heterocycles. The van der Waals surface area contributed by atoms with Crippen molar-refractivity contribution in [3.63, 3.8) is 0 Å². The third kappa shape index (κ3) is 6.63. The molecule has 0 spiro atoms. The van der Waals surface area contributed by atoms with Crippen molar-refractivity contribution in [2.75, 3.05) is 51.3 Å². The van der Waals surface area contributed by atoms with Crippen molar-refractivity contribution in [1.29, 1.82) is 0 Å². The summed E-state index contributed by atoms with van der Waals surface area (Å²) in [6.07, 6.45) is 1.06. The highest BCUT2D eigenvalue weighted by Gasteiger charge is 2.29. The Morgan fingerprint density at radius 1 is 0.971 bits per heavy atom. The van der Waals surface area contributed by atoms with Gasteiger partial charge in [0.15, 0.2) is 0 Å². The SMILES string of the molecule is Cc1ccc(CN(CC(=O)Nc2ccc(C)c(S(=O)(=O)N3CCN(C)CC3)c2)S(C)(=O)=O)cc1. The second-order valence-corrected chi connectivity index (χ2v) is 12.6. The highest BCUT2D eigenvalue weighted by atomic mass is 32.2. The molecule has 0 radical (unpaired) electrons. The van der Waals surface area contributed by atoms with E-state index in [2.05, 4.69) is 10.2 Å². The maximum atomic E-state index is 13.2. The first kappa shape index (κ1) is 26.3. The Morgan fingerprint density at radius 3 is 2.18 bits per heavy atom. The molecule has 11 heteroatoms. The Morgan fingerprint density at radius 2 is 1.59 bits per heavy atom. The van der Waals surface area contributed by atoms with Crippen molar-refractivity contribution in [3.8, 4) is 0 Å². The van der Waals surface area contributed by atoms with Crippen LogP contribution in [-0.4, -0.2) is 82.3 Å². The van der Waals surface area contributed by atoms with Gasteiger partial charge in [0, 0.05) is 38.4 Å². The quantitative estimate of drug-likeness (QED) is 0.581. The second kappa shape index (κ2) is 10.5. The molecule has 1 aliphatic rings. The number of carbonyl (C=O) groups excluding carboxylic acids is 1. The molecule has 0 saturated carbocycles. The molecule has 0 bridgehead atoms. The van der Waals surface area contributed by atoms with Crippen LogP contribution in [0, 0.1) is 13.8 Å². The first-order valence-electron chi connectivity index (χ1n) is 11.0. The van der Waals surface area contributed by atoms with Crippen molar-refractivity contribution in [2.24, 2.45) is 0 Å². The predicted molar refractivity (Wildman–Crippen MR) is 132 cm³/mol. The number of likely N-dealkylation sites (N-methyl/N-ethyl adjacent to an activating group) is 1. The van der Waals surface area contributed by atoms with Crippen LogP contribution in [0.15, 0.2) is 47.4 Å². The Kier molecular flexibility index (Phi) is 8.14. The van der Waals surface area contributed by atoms with Crippen molar-refractivity contribution < 1.29 is 21.6 Å². The number of sulfonamides is 2. The number of piperazine rings is 1. The first-order chi connectivity index (χ1) is 15.9. The maximum Gasteiger partial charge on any atom is 0.243 e. The monoisotopic (exact) mass is 508 g/mol. The summed E-state index contributed by atoms with van der Waals surface area (Å²) >= 11 is 0. The van der Waals surface area contributed by atoms with E-state index < -0.39 is 26.0 Å². The van der Waals surface area contributed by atoms with E-state index in [0.717, 1.165) is 21.7 Å². The van der Waals surface area contributed by atoms with Gasteiger partial charge in [-0.3, -0.25) is 4.79 Å². The summed E-state index contributed by atoms with van der Waals surface area (Å²) in [5.74, 6) is -0.552. The summed E-state index contributed by atoms with van der Waals surface area (Å²) in [6.45, 7) is 5.42. The minimum atomic E-state index is -3.72. The largest absolute Gasteiger partial charge is 0.325 e. The van der Waals surface area contributed by atoms with Crippen LogP contribution in [-0.2, 0) is 31.4 Å². The number of nitrogens with zero attached hydrogens (tertiary/aromatic N) is 3. The summed E-state index contributed by atoms with van der Waals surface area (Å²) in [7, 11) is -5.42. The van der Waals surface area contributed by atoms with Crippen LogP contribution in [0.1, 0.15) is 16.7 Å². The average molecular weight is 509 g/mol. The lowest BCUT2D eigenvalue weighted by molar-refractivity contribution is -0.116. The number of aryl methyl sites for hydroxylation is 2. The number of hydrogen-bond acceptors (Lipinski definition) is 6. The van der Waals surface area contributed by atoms with E-state index in [9.17, 15) is 21.6 Å². The van der Waals surface area contributed by atoms with E-state index in [1.165, 1.54) is 10.4 Å². The van der Waals surface area contributed by atoms with Crippen LogP contribution < -0.4 is 5.32 Å². The van der Waals surface area contributed by atoms with Gasteiger partial charge in [0.1, 0.15) is 0 Å². The molecular weight excluding hydrogens is 476 g/mol. The molecule has 3 rings (SSSR count). The molecule has 186 valence electrons. The number of hydrogen-bond donors (Lipinski definition) is 1. The number of rotatable bonds is 8. The normalized spacial score (nSPS) is 16.0.